The fourth-order valence-corrected chi connectivity index (χ4v) is 7.30. The van der Waals surface area contributed by atoms with Gasteiger partial charge in [0.25, 0.3) is 0 Å². The minimum Gasteiger partial charge on any atom is -0.456 e. The Morgan fingerprint density at radius 3 is 2.04 bits per heavy atom. The Bertz CT molecular complexity index is 1210. The van der Waals surface area contributed by atoms with Crippen molar-refractivity contribution in [1.29, 1.82) is 0 Å². The number of carbonyl (C=O) groups is 4. The average Bonchev–Trinajstić information content (AvgIpc) is 2.95. The molecule has 250 valence electrons. The molecule has 0 spiro atoms. The SMILES string of the molecule is C#CCCCCNC(=O)Nc1ccc(S[C@@H]2O[C@H](CCP(=O)(OCC)OCC)[C@@H](OC(C)=O)[C@H](OC(C)=O)[C@@H]2OC(C)=O)cc1. The van der Waals surface area contributed by atoms with Crippen molar-refractivity contribution in [2.24, 2.45) is 0 Å². The molecule has 0 aliphatic carbocycles. The number of ether oxygens (including phenoxy) is 4. The second kappa shape index (κ2) is 19.4. The van der Waals surface area contributed by atoms with Gasteiger partial charge in [0.1, 0.15) is 11.5 Å². The van der Waals surface area contributed by atoms with Crippen LogP contribution in [0.15, 0.2) is 29.2 Å². The molecule has 1 aliphatic rings. The number of esters is 3. The summed E-state index contributed by atoms with van der Waals surface area (Å²) in [4.78, 5) is 49.4. The average molecular weight is 671 g/mol. The highest BCUT2D eigenvalue weighted by Gasteiger charge is 2.52. The van der Waals surface area contributed by atoms with Crippen LogP contribution in [0.4, 0.5) is 10.5 Å². The van der Waals surface area contributed by atoms with E-state index in [4.69, 9.17) is 34.4 Å². The molecular formula is C30H43N2O11PS. The molecule has 15 heteroatoms. The maximum absolute atomic E-state index is 13.2. The molecule has 13 nitrogen and oxygen atoms in total. The van der Waals surface area contributed by atoms with Crippen molar-refractivity contribution in [3.63, 3.8) is 0 Å². The number of hydrogen-bond donors (Lipinski definition) is 2. The molecule has 1 fully saturated rings. The lowest BCUT2D eigenvalue weighted by atomic mass is 9.97. The van der Waals surface area contributed by atoms with E-state index in [0.29, 0.717) is 23.5 Å². The van der Waals surface area contributed by atoms with Gasteiger partial charge in [-0.15, -0.1) is 12.3 Å². The topological polar surface area (TPSA) is 165 Å². The van der Waals surface area contributed by atoms with Crippen LogP contribution < -0.4 is 10.6 Å². The van der Waals surface area contributed by atoms with Crippen LogP contribution in [0.1, 0.15) is 60.3 Å². The summed E-state index contributed by atoms with van der Waals surface area (Å²) in [5, 5.41) is 5.52. The van der Waals surface area contributed by atoms with Crippen molar-refractivity contribution in [1.82, 2.24) is 5.32 Å². The van der Waals surface area contributed by atoms with Gasteiger partial charge in [0, 0.05) is 44.3 Å². The van der Waals surface area contributed by atoms with Gasteiger partial charge < -0.3 is 38.6 Å². The fraction of sp³-hybridized carbons (Fsp3) is 0.600. The van der Waals surface area contributed by atoms with E-state index in [9.17, 15) is 23.7 Å². The van der Waals surface area contributed by atoms with Gasteiger partial charge in [-0.25, -0.2) is 4.79 Å². The second-order valence-corrected chi connectivity index (χ2v) is 13.3. The number of carbonyl (C=O) groups excluding carboxylic acids is 4. The first-order chi connectivity index (χ1) is 21.4. The third kappa shape index (κ3) is 13.4. The predicted octanol–water partition coefficient (Wildman–Crippen LogP) is 4.88. The lowest BCUT2D eigenvalue weighted by Crippen LogP contribution is -2.60. The molecule has 0 bridgehead atoms. The summed E-state index contributed by atoms with van der Waals surface area (Å²) in [5.74, 6) is 0.505. The highest BCUT2D eigenvalue weighted by Crippen LogP contribution is 2.50. The Morgan fingerprint density at radius 2 is 1.49 bits per heavy atom. The Labute approximate surface area is 268 Å². The Morgan fingerprint density at radius 1 is 0.911 bits per heavy atom. The summed E-state index contributed by atoms with van der Waals surface area (Å²) in [6, 6.07) is 6.48. The molecule has 45 heavy (non-hydrogen) atoms. The molecule has 1 heterocycles. The van der Waals surface area contributed by atoms with E-state index in [-0.39, 0.29) is 31.8 Å². The van der Waals surface area contributed by atoms with E-state index in [1.807, 2.05) is 0 Å². The Hall–Kier alpha value is -3.08. The number of thioether (sulfide) groups is 1. The maximum Gasteiger partial charge on any atom is 0.330 e. The fourth-order valence-electron chi connectivity index (χ4n) is 4.51. The zero-order valence-electron chi connectivity index (χ0n) is 26.3. The molecule has 2 amide bonds. The number of nitrogens with one attached hydrogen (secondary N) is 2. The third-order valence-electron chi connectivity index (χ3n) is 6.23. The number of unbranched alkanes of at least 4 members (excludes halogenated alkanes) is 2. The summed E-state index contributed by atoms with van der Waals surface area (Å²) in [5.41, 5.74) is -0.409. The van der Waals surface area contributed by atoms with Gasteiger partial charge in [0.05, 0.1) is 19.4 Å². The van der Waals surface area contributed by atoms with Crippen LogP contribution in [0.2, 0.25) is 0 Å². The zero-order chi connectivity index (χ0) is 33.4. The molecule has 0 radical (unpaired) electrons. The van der Waals surface area contributed by atoms with E-state index in [0.717, 1.165) is 12.8 Å². The van der Waals surface area contributed by atoms with Gasteiger partial charge in [-0.2, -0.15) is 0 Å². The summed E-state index contributed by atoms with van der Waals surface area (Å²) < 4.78 is 47.1. The van der Waals surface area contributed by atoms with Crippen LogP contribution >= 0.6 is 19.4 Å². The molecule has 0 saturated carbocycles. The van der Waals surface area contributed by atoms with Crippen molar-refractivity contribution < 1.29 is 51.7 Å². The van der Waals surface area contributed by atoms with Crippen molar-refractivity contribution in [2.75, 3.05) is 31.2 Å². The first-order valence-electron chi connectivity index (χ1n) is 14.7. The first kappa shape index (κ1) is 38.1. The largest absolute Gasteiger partial charge is 0.456 e. The van der Waals surface area contributed by atoms with E-state index < -0.39 is 55.4 Å². The van der Waals surface area contributed by atoms with E-state index in [2.05, 4.69) is 16.6 Å². The van der Waals surface area contributed by atoms with Crippen molar-refractivity contribution in [3.8, 4) is 12.3 Å². The smallest absolute Gasteiger partial charge is 0.330 e. The number of benzene rings is 1. The van der Waals surface area contributed by atoms with Crippen LogP contribution in [0.5, 0.6) is 0 Å². The van der Waals surface area contributed by atoms with E-state index in [1.54, 1.807) is 38.1 Å². The normalized spacial score (nSPS) is 21.2. The molecule has 2 N–H and O–H groups in total. The standard InChI is InChI=1S/C30H43N2O11PS/c1-7-10-11-12-18-31-30(36)32-23-13-15-24(16-14-23)45-29-28(42-22(6)35)27(41-21(5)34)26(40-20(4)33)25(43-29)17-19-44(37,38-8-2)39-9-3/h1,13-16,25-29H,8-12,17-19H2,2-6H3,(H2,31,32,36)/t25-,26-,27+,28+,29+/m1/s1. The summed E-state index contributed by atoms with van der Waals surface area (Å²) in [6.45, 7) is 7.73. The number of rotatable bonds is 17. The Kier molecular flexibility index (Phi) is 16.5. The highest BCUT2D eigenvalue weighted by atomic mass is 32.2. The monoisotopic (exact) mass is 670 g/mol. The second-order valence-electron chi connectivity index (χ2n) is 9.91. The zero-order valence-corrected chi connectivity index (χ0v) is 28.0. The van der Waals surface area contributed by atoms with Crippen molar-refractivity contribution in [2.45, 2.75) is 95.0 Å². The van der Waals surface area contributed by atoms with E-state index in [1.165, 1.54) is 32.5 Å². The van der Waals surface area contributed by atoms with Crippen LogP contribution in [0, 0.1) is 12.3 Å². The number of terminal acetylenes is 1. The van der Waals surface area contributed by atoms with Crippen LogP contribution in [-0.2, 0) is 46.9 Å². The van der Waals surface area contributed by atoms with Crippen LogP contribution in [0.3, 0.4) is 0 Å². The molecule has 1 saturated heterocycles. The minimum absolute atomic E-state index is 0.0392. The van der Waals surface area contributed by atoms with Gasteiger partial charge in [-0.3, -0.25) is 18.9 Å². The van der Waals surface area contributed by atoms with Gasteiger partial charge in [0.15, 0.2) is 18.3 Å². The molecule has 0 aromatic heterocycles. The number of anilines is 1. The van der Waals surface area contributed by atoms with E-state index >= 15 is 0 Å². The third-order valence-corrected chi connectivity index (χ3v) is 9.50. The van der Waals surface area contributed by atoms with Gasteiger partial charge in [0.2, 0.25) is 0 Å². The molecule has 1 aliphatic heterocycles. The molecule has 1 aromatic rings. The van der Waals surface area contributed by atoms with Crippen molar-refractivity contribution in [3.05, 3.63) is 24.3 Å². The Balaban J connectivity index is 2.31. The highest BCUT2D eigenvalue weighted by molar-refractivity contribution is 7.99. The minimum atomic E-state index is -3.52. The quantitative estimate of drug-likeness (QED) is 0.0760. The van der Waals surface area contributed by atoms with Gasteiger partial charge in [-0.1, -0.05) is 11.8 Å². The molecule has 1 aromatic carbocycles. The molecule has 5 atom stereocenters. The lowest BCUT2D eigenvalue weighted by Gasteiger charge is -2.44. The number of urea groups is 1. The predicted molar refractivity (Wildman–Crippen MR) is 168 cm³/mol. The molecule has 2 rings (SSSR count). The summed E-state index contributed by atoms with van der Waals surface area (Å²) in [7, 11) is -3.52. The van der Waals surface area contributed by atoms with Gasteiger partial charge in [-0.05, 0) is 57.4 Å². The number of hydrogen-bond acceptors (Lipinski definition) is 12. The van der Waals surface area contributed by atoms with Crippen molar-refractivity contribution >= 4 is 49.0 Å². The lowest BCUT2D eigenvalue weighted by molar-refractivity contribution is -0.232. The van der Waals surface area contributed by atoms with Crippen LogP contribution in [0.25, 0.3) is 0 Å². The summed E-state index contributed by atoms with van der Waals surface area (Å²) in [6.07, 6.45) is 2.88. The molecular weight excluding hydrogens is 627 g/mol. The van der Waals surface area contributed by atoms with Gasteiger partial charge >= 0.3 is 31.5 Å². The summed E-state index contributed by atoms with van der Waals surface area (Å²) >= 11 is 1.17. The first-order valence-corrected chi connectivity index (χ1v) is 17.3. The maximum atomic E-state index is 13.2. The number of amides is 2. The molecule has 0 unspecified atom stereocenters. The van der Waals surface area contributed by atoms with Crippen LogP contribution in [-0.4, -0.2) is 79.7 Å².